The lowest BCUT2D eigenvalue weighted by Crippen LogP contribution is -2.52. The zero-order valence-corrected chi connectivity index (χ0v) is 25.9. The molecule has 1 amide bonds. The van der Waals surface area contributed by atoms with Crippen molar-refractivity contribution in [3.05, 3.63) is 116 Å². The van der Waals surface area contributed by atoms with E-state index in [2.05, 4.69) is 30.3 Å². The monoisotopic (exact) mass is 639 g/mol. The molecule has 2 aliphatic rings. The summed E-state index contributed by atoms with van der Waals surface area (Å²) >= 11 is 0. The van der Waals surface area contributed by atoms with Crippen LogP contribution in [0, 0.1) is 0 Å². The van der Waals surface area contributed by atoms with Crippen molar-refractivity contribution in [2.24, 2.45) is 15.2 Å². The van der Waals surface area contributed by atoms with Crippen LogP contribution in [0.4, 0.5) is 5.69 Å². The van der Waals surface area contributed by atoms with Gasteiger partial charge in [-0.15, -0.1) is 0 Å². The highest BCUT2D eigenvalue weighted by Gasteiger charge is 2.54. The van der Waals surface area contributed by atoms with Crippen LogP contribution in [0.15, 0.2) is 88.0 Å². The number of hydrogen-bond acceptors (Lipinski definition) is 9. The Morgan fingerprint density at radius 2 is 1.79 bits per heavy atom. The summed E-state index contributed by atoms with van der Waals surface area (Å²) in [7, 11) is 0. The Morgan fingerprint density at radius 1 is 1.04 bits per heavy atom. The molecule has 2 N–H and O–H groups in total. The Balaban J connectivity index is 1.58. The van der Waals surface area contributed by atoms with Crippen LogP contribution in [0.2, 0.25) is 0 Å². The van der Waals surface area contributed by atoms with E-state index in [0.717, 1.165) is 13.1 Å². The number of ether oxygens (including phenoxy) is 3. The molecule has 3 aromatic carbocycles. The van der Waals surface area contributed by atoms with Gasteiger partial charge < -0.3 is 24.6 Å². The molecule has 0 unspecified atom stereocenters. The highest BCUT2D eigenvalue weighted by Crippen LogP contribution is 2.44. The Bertz CT molecular complexity index is 1650. The van der Waals surface area contributed by atoms with Gasteiger partial charge in [0.2, 0.25) is 5.90 Å². The number of morpholine rings is 1. The molecule has 0 aromatic heterocycles. The number of aliphatic hydroxyl groups excluding tert-OH is 1. The summed E-state index contributed by atoms with van der Waals surface area (Å²) in [6.07, 6.45) is -0.363. The largest absolute Gasteiger partial charge is 0.494 e. The highest BCUT2D eigenvalue weighted by atomic mass is 16.5. The first-order valence-corrected chi connectivity index (χ1v) is 15.5. The van der Waals surface area contributed by atoms with Gasteiger partial charge >= 0.3 is 0 Å². The minimum atomic E-state index is -1.54. The second-order valence-corrected chi connectivity index (χ2v) is 11.1. The standard InChI is InChI=1S/C33H37N9O5/c34-40-37-23-26-7-1-3-8-28(26)30-33(22-25-6-2-4-9-29(25)39-41-35,32(44)36-14-15-42-16-20-45-21-17-42)38-31(47-30)24-10-12-27(13-11-24)46-19-5-18-43/h1-4,6-13,30,43H,5,14-23H2,(H,36,44)/t30-,33-/m1/s1. The number of carbonyl (C=O) groups excluding carboxylic acids is 1. The van der Waals surface area contributed by atoms with Crippen molar-refractivity contribution >= 4 is 17.5 Å². The van der Waals surface area contributed by atoms with E-state index in [1.165, 1.54) is 0 Å². The van der Waals surface area contributed by atoms with Gasteiger partial charge in [-0.2, -0.15) is 0 Å². The predicted molar refractivity (Wildman–Crippen MR) is 175 cm³/mol. The van der Waals surface area contributed by atoms with Crippen LogP contribution in [0.5, 0.6) is 5.75 Å². The third kappa shape index (κ3) is 8.20. The Labute approximate surface area is 272 Å². The number of carbonyl (C=O) groups is 1. The molecular formula is C33H37N9O5. The van der Waals surface area contributed by atoms with Gasteiger partial charge in [0.1, 0.15) is 5.75 Å². The molecule has 47 heavy (non-hydrogen) atoms. The number of amides is 1. The maximum atomic E-state index is 14.6. The van der Waals surface area contributed by atoms with Gasteiger partial charge in [0, 0.05) is 66.7 Å². The topological polar surface area (TPSA) is 190 Å². The number of nitrogens with zero attached hydrogens (tertiary/aromatic N) is 8. The fourth-order valence-corrected chi connectivity index (χ4v) is 5.70. The van der Waals surface area contributed by atoms with Gasteiger partial charge in [-0.3, -0.25) is 9.69 Å². The van der Waals surface area contributed by atoms with Crippen molar-refractivity contribution in [2.45, 2.75) is 31.0 Å². The minimum absolute atomic E-state index is 0.0324. The van der Waals surface area contributed by atoms with E-state index in [1.807, 2.05) is 36.4 Å². The maximum absolute atomic E-state index is 14.6. The lowest BCUT2D eigenvalue weighted by molar-refractivity contribution is -0.129. The van der Waals surface area contributed by atoms with E-state index < -0.39 is 11.6 Å². The number of benzene rings is 3. The molecule has 0 bridgehead atoms. The second-order valence-electron chi connectivity index (χ2n) is 11.1. The van der Waals surface area contributed by atoms with Crippen molar-refractivity contribution in [3.8, 4) is 5.75 Å². The zero-order valence-electron chi connectivity index (χ0n) is 25.9. The first kappa shape index (κ1) is 33.3. The zero-order chi connectivity index (χ0) is 32.9. The van der Waals surface area contributed by atoms with E-state index in [9.17, 15) is 10.3 Å². The molecule has 1 fully saturated rings. The minimum Gasteiger partial charge on any atom is -0.494 e. The molecule has 5 rings (SSSR count). The number of nitrogens with one attached hydrogen (secondary N) is 1. The van der Waals surface area contributed by atoms with E-state index in [0.29, 0.717) is 73.0 Å². The average Bonchev–Trinajstić information content (AvgIpc) is 3.49. The summed E-state index contributed by atoms with van der Waals surface area (Å²) in [5.74, 6) is 0.511. The number of aliphatic imine (C=N–C) groups is 1. The lowest BCUT2D eigenvalue weighted by atomic mass is 9.80. The van der Waals surface area contributed by atoms with E-state index in [4.69, 9.17) is 29.8 Å². The first-order chi connectivity index (χ1) is 23.1. The molecule has 14 nitrogen and oxygen atoms in total. The molecule has 244 valence electrons. The fourth-order valence-electron chi connectivity index (χ4n) is 5.70. The molecule has 1 saturated heterocycles. The number of hydrogen-bond donors (Lipinski definition) is 2. The van der Waals surface area contributed by atoms with Crippen LogP contribution < -0.4 is 10.1 Å². The summed E-state index contributed by atoms with van der Waals surface area (Å²) in [6, 6.07) is 21.6. The van der Waals surface area contributed by atoms with Gasteiger partial charge in [0.15, 0.2) is 11.6 Å². The summed E-state index contributed by atoms with van der Waals surface area (Å²) < 4.78 is 17.8. The molecule has 14 heteroatoms. The summed E-state index contributed by atoms with van der Waals surface area (Å²) in [5, 5.41) is 19.9. The fraction of sp³-hybridized carbons (Fsp3) is 0.394. The van der Waals surface area contributed by atoms with E-state index in [-0.39, 0.29) is 31.4 Å². The second kappa shape index (κ2) is 16.5. The molecule has 0 aliphatic carbocycles. The van der Waals surface area contributed by atoms with Crippen molar-refractivity contribution < 1.29 is 24.1 Å². The highest BCUT2D eigenvalue weighted by molar-refractivity contribution is 6.01. The normalized spacial score (nSPS) is 19.1. The van der Waals surface area contributed by atoms with Crippen molar-refractivity contribution in [1.29, 1.82) is 0 Å². The van der Waals surface area contributed by atoms with E-state index in [1.54, 1.807) is 36.4 Å². The molecule has 2 heterocycles. The van der Waals surface area contributed by atoms with Crippen LogP contribution in [0.1, 0.15) is 34.8 Å². The van der Waals surface area contributed by atoms with Crippen molar-refractivity contribution in [2.75, 3.05) is 52.6 Å². The van der Waals surface area contributed by atoms with E-state index >= 15 is 0 Å². The third-order valence-electron chi connectivity index (χ3n) is 8.09. The molecule has 3 aromatic rings. The Morgan fingerprint density at radius 3 is 2.53 bits per heavy atom. The van der Waals surface area contributed by atoms with Crippen LogP contribution in [-0.2, 0) is 27.2 Å². The van der Waals surface area contributed by atoms with Crippen molar-refractivity contribution in [1.82, 2.24) is 10.2 Å². The Hall–Kier alpha value is -5.10. The molecule has 2 atom stereocenters. The van der Waals surface area contributed by atoms with Gasteiger partial charge in [-0.05, 0) is 52.0 Å². The van der Waals surface area contributed by atoms with Gasteiger partial charge in [0.05, 0.1) is 26.4 Å². The summed E-state index contributed by atoms with van der Waals surface area (Å²) in [6.45, 7) is 4.30. The van der Waals surface area contributed by atoms with Gasteiger partial charge in [-0.1, -0.05) is 58.8 Å². The predicted octanol–water partition coefficient (Wildman–Crippen LogP) is 5.15. The summed E-state index contributed by atoms with van der Waals surface area (Å²) in [4.78, 5) is 27.8. The lowest BCUT2D eigenvalue weighted by Gasteiger charge is -2.33. The quantitative estimate of drug-likeness (QED) is 0.100. The average molecular weight is 640 g/mol. The SMILES string of the molecule is [N-]=[N+]=NCc1ccccc1[C@H]1OC(c2ccc(OCCCO)cc2)=N[C@@]1(Cc1ccccc1N=[N+]=[N-])C(=O)NCCN1CCOCC1. The number of rotatable bonds is 15. The van der Waals surface area contributed by atoms with Crippen LogP contribution in [0.3, 0.4) is 0 Å². The molecule has 0 spiro atoms. The number of aliphatic hydroxyl groups is 1. The summed E-state index contributed by atoms with van der Waals surface area (Å²) in [5.41, 5.74) is 19.8. The Kier molecular flexibility index (Phi) is 11.6. The van der Waals surface area contributed by atoms with Crippen LogP contribution in [-0.4, -0.2) is 80.0 Å². The van der Waals surface area contributed by atoms with Gasteiger partial charge in [0.25, 0.3) is 5.91 Å². The van der Waals surface area contributed by atoms with Gasteiger partial charge in [-0.25, -0.2) is 4.99 Å². The number of azide groups is 2. The molecule has 0 saturated carbocycles. The van der Waals surface area contributed by atoms with Crippen molar-refractivity contribution in [3.63, 3.8) is 0 Å². The van der Waals surface area contributed by atoms with Crippen LogP contribution >= 0.6 is 0 Å². The molecular weight excluding hydrogens is 602 g/mol. The molecule has 0 radical (unpaired) electrons. The molecule has 2 aliphatic heterocycles. The smallest absolute Gasteiger partial charge is 0.252 e. The first-order valence-electron chi connectivity index (χ1n) is 15.5. The maximum Gasteiger partial charge on any atom is 0.252 e. The van der Waals surface area contributed by atoms with Crippen LogP contribution in [0.25, 0.3) is 20.9 Å². The third-order valence-corrected chi connectivity index (χ3v) is 8.09.